The van der Waals surface area contributed by atoms with Crippen LogP contribution >= 0.6 is 0 Å². The van der Waals surface area contributed by atoms with Gasteiger partial charge in [-0.15, -0.1) is 0 Å². The Hall–Kier alpha value is -3.36. The highest BCUT2D eigenvalue weighted by Crippen LogP contribution is 2.23. The molecule has 0 spiro atoms. The zero-order chi connectivity index (χ0) is 20.0. The molecule has 3 rings (SSSR count). The van der Waals surface area contributed by atoms with Crippen LogP contribution in [0.3, 0.4) is 0 Å². The van der Waals surface area contributed by atoms with E-state index in [2.05, 4.69) is 0 Å². The second-order valence-electron chi connectivity index (χ2n) is 6.22. The lowest BCUT2D eigenvalue weighted by Gasteiger charge is -2.09. The van der Waals surface area contributed by atoms with Crippen LogP contribution in [0.15, 0.2) is 88.7 Å². The third-order valence-corrected chi connectivity index (χ3v) is 5.95. The van der Waals surface area contributed by atoms with Gasteiger partial charge in [0.05, 0.1) is 4.90 Å². The Morgan fingerprint density at radius 1 is 1.00 bits per heavy atom. The Labute approximate surface area is 165 Å². The predicted molar refractivity (Wildman–Crippen MR) is 109 cm³/mol. The van der Waals surface area contributed by atoms with E-state index in [1.54, 1.807) is 48.5 Å². The molecule has 0 amide bonds. The maximum Gasteiger partial charge on any atom is 0.216 e. The fourth-order valence-electron chi connectivity index (χ4n) is 2.68. The average molecular weight is 389 g/mol. The van der Waals surface area contributed by atoms with E-state index in [1.807, 2.05) is 31.2 Å². The molecule has 0 N–H and O–H groups in total. The molecule has 5 heteroatoms. The summed E-state index contributed by atoms with van der Waals surface area (Å²) in [5.41, 5.74) is 2.80. The maximum atomic E-state index is 12.7. The quantitative estimate of drug-likeness (QED) is 0.562. The Morgan fingerprint density at radius 3 is 2.43 bits per heavy atom. The van der Waals surface area contributed by atoms with E-state index in [4.69, 9.17) is 4.74 Å². The van der Waals surface area contributed by atoms with E-state index in [9.17, 15) is 13.7 Å². The molecule has 0 aromatic heterocycles. The van der Waals surface area contributed by atoms with Gasteiger partial charge in [0, 0.05) is 0 Å². The summed E-state index contributed by atoms with van der Waals surface area (Å²) in [5, 5.41) is 9.41. The highest BCUT2D eigenvalue weighted by Gasteiger charge is 2.20. The van der Waals surface area contributed by atoms with Crippen molar-refractivity contribution < 1.29 is 13.2 Å². The minimum Gasteiger partial charge on any atom is -0.489 e. The van der Waals surface area contributed by atoms with Gasteiger partial charge in [-0.05, 0) is 54.0 Å². The van der Waals surface area contributed by atoms with Gasteiger partial charge in [-0.25, -0.2) is 8.42 Å². The Morgan fingerprint density at radius 2 is 1.71 bits per heavy atom. The minimum absolute atomic E-state index is 0.0924. The molecule has 0 atom stereocenters. The van der Waals surface area contributed by atoms with Crippen LogP contribution in [-0.4, -0.2) is 8.42 Å². The molecule has 4 nitrogen and oxygen atoms in total. The number of nitriles is 1. The van der Waals surface area contributed by atoms with Gasteiger partial charge < -0.3 is 4.74 Å². The van der Waals surface area contributed by atoms with Crippen LogP contribution in [0.25, 0.3) is 6.08 Å². The predicted octanol–water partition coefficient (Wildman–Crippen LogP) is 4.91. The molecule has 0 aliphatic carbocycles. The highest BCUT2D eigenvalue weighted by molar-refractivity contribution is 7.95. The molecule has 0 bridgehead atoms. The number of benzene rings is 3. The van der Waals surface area contributed by atoms with Gasteiger partial charge in [-0.3, -0.25) is 0 Å². The van der Waals surface area contributed by atoms with Crippen molar-refractivity contribution >= 4 is 15.9 Å². The van der Waals surface area contributed by atoms with Crippen LogP contribution in [0.4, 0.5) is 0 Å². The van der Waals surface area contributed by atoms with E-state index in [-0.39, 0.29) is 9.80 Å². The summed E-state index contributed by atoms with van der Waals surface area (Å²) in [5.74, 6) is 0.603. The molecular weight excluding hydrogens is 370 g/mol. The van der Waals surface area contributed by atoms with Crippen molar-refractivity contribution in [1.29, 1.82) is 5.26 Å². The van der Waals surface area contributed by atoms with E-state index in [1.165, 1.54) is 18.2 Å². The molecule has 0 fully saturated rings. The number of hydrogen-bond acceptors (Lipinski definition) is 4. The Balaban J connectivity index is 1.85. The topological polar surface area (TPSA) is 67.2 Å². The molecule has 0 heterocycles. The second-order valence-corrected chi connectivity index (χ2v) is 8.14. The molecular formula is C23H19NO3S. The smallest absolute Gasteiger partial charge is 0.216 e. The van der Waals surface area contributed by atoms with E-state index >= 15 is 0 Å². The molecule has 3 aromatic carbocycles. The first kappa shape index (κ1) is 19.4. The zero-order valence-electron chi connectivity index (χ0n) is 15.4. The molecule has 140 valence electrons. The monoisotopic (exact) mass is 389 g/mol. The third kappa shape index (κ3) is 4.48. The third-order valence-electron chi connectivity index (χ3n) is 4.26. The Bertz CT molecular complexity index is 1140. The number of allylic oxidation sites excluding steroid dienone is 1. The summed E-state index contributed by atoms with van der Waals surface area (Å²) in [6, 6.07) is 24.7. The number of hydrogen-bond donors (Lipinski definition) is 0. The number of sulfone groups is 1. The SMILES string of the molecule is Cc1ccccc1COc1cccc(/C=C(/C#N)S(=O)(=O)c2ccccc2)c1. The molecule has 28 heavy (non-hydrogen) atoms. The van der Waals surface area contributed by atoms with Crippen LogP contribution in [-0.2, 0) is 16.4 Å². The van der Waals surface area contributed by atoms with Crippen LogP contribution in [0, 0.1) is 18.3 Å². The van der Waals surface area contributed by atoms with E-state index in [0.717, 1.165) is 11.1 Å². The molecule has 3 aromatic rings. The number of nitrogens with zero attached hydrogens (tertiary/aromatic N) is 1. The van der Waals surface area contributed by atoms with E-state index < -0.39 is 9.84 Å². The fourth-order valence-corrected chi connectivity index (χ4v) is 3.86. The molecule has 0 aliphatic rings. The van der Waals surface area contributed by atoms with Crippen LogP contribution in [0.5, 0.6) is 5.75 Å². The number of ether oxygens (including phenoxy) is 1. The first-order chi connectivity index (χ1) is 13.5. The summed E-state index contributed by atoms with van der Waals surface area (Å²) in [7, 11) is -3.86. The van der Waals surface area contributed by atoms with Gasteiger partial charge in [0.2, 0.25) is 9.84 Å². The standard InChI is InChI=1S/C23H19NO3S/c1-18-8-5-6-10-20(18)17-27-21-11-7-9-19(14-21)15-23(16-24)28(25,26)22-12-3-2-4-13-22/h2-15H,17H2,1H3/b23-15-. The first-order valence-corrected chi connectivity index (χ1v) is 10.2. The number of rotatable bonds is 6. The van der Waals surface area contributed by atoms with Gasteiger partial charge >= 0.3 is 0 Å². The fraction of sp³-hybridized carbons (Fsp3) is 0.0870. The second kappa shape index (κ2) is 8.55. The van der Waals surface area contributed by atoms with Crippen LogP contribution < -0.4 is 4.74 Å². The van der Waals surface area contributed by atoms with Crippen LogP contribution in [0.2, 0.25) is 0 Å². The Kier molecular flexibility index (Phi) is 5.93. The first-order valence-electron chi connectivity index (χ1n) is 8.70. The van der Waals surface area contributed by atoms with Gasteiger partial charge in [-0.1, -0.05) is 54.6 Å². The van der Waals surface area contributed by atoms with Crippen molar-refractivity contribution in [2.24, 2.45) is 0 Å². The van der Waals surface area contributed by atoms with Crippen molar-refractivity contribution in [3.63, 3.8) is 0 Å². The van der Waals surface area contributed by atoms with Crippen molar-refractivity contribution in [2.45, 2.75) is 18.4 Å². The molecule has 0 aliphatic heterocycles. The largest absolute Gasteiger partial charge is 0.489 e. The number of aryl methyl sites for hydroxylation is 1. The van der Waals surface area contributed by atoms with Crippen molar-refractivity contribution in [2.75, 3.05) is 0 Å². The van der Waals surface area contributed by atoms with Gasteiger partial charge in [0.1, 0.15) is 23.3 Å². The summed E-state index contributed by atoms with van der Waals surface area (Å²) >= 11 is 0. The van der Waals surface area contributed by atoms with Gasteiger partial charge in [0.25, 0.3) is 0 Å². The summed E-state index contributed by atoms with van der Waals surface area (Å²) < 4.78 is 31.2. The summed E-state index contributed by atoms with van der Waals surface area (Å²) in [4.78, 5) is -0.218. The molecule has 0 unspecified atom stereocenters. The lowest BCUT2D eigenvalue weighted by Crippen LogP contribution is -2.03. The zero-order valence-corrected chi connectivity index (χ0v) is 16.2. The molecule has 0 radical (unpaired) electrons. The van der Waals surface area contributed by atoms with Crippen LogP contribution in [0.1, 0.15) is 16.7 Å². The van der Waals surface area contributed by atoms with Crippen molar-refractivity contribution in [3.05, 3.63) is 100 Å². The van der Waals surface area contributed by atoms with Gasteiger partial charge in [-0.2, -0.15) is 5.26 Å². The minimum atomic E-state index is -3.86. The van der Waals surface area contributed by atoms with Crippen molar-refractivity contribution in [3.8, 4) is 11.8 Å². The average Bonchev–Trinajstić information content (AvgIpc) is 2.72. The summed E-state index contributed by atoms with van der Waals surface area (Å²) in [6.07, 6.45) is 1.36. The lowest BCUT2D eigenvalue weighted by molar-refractivity contribution is 0.305. The molecule has 0 saturated heterocycles. The molecule has 0 saturated carbocycles. The van der Waals surface area contributed by atoms with Crippen molar-refractivity contribution in [1.82, 2.24) is 0 Å². The normalized spacial score (nSPS) is 11.6. The van der Waals surface area contributed by atoms with E-state index in [0.29, 0.717) is 17.9 Å². The highest BCUT2D eigenvalue weighted by atomic mass is 32.2. The van der Waals surface area contributed by atoms with Gasteiger partial charge in [0.15, 0.2) is 0 Å². The lowest BCUT2D eigenvalue weighted by atomic mass is 10.1. The summed E-state index contributed by atoms with van der Waals surface area (Å²) in [6.45, 7) is 2.43. The maximum absolute atomic E-state index is 12.7.